The molecule has 8 aromatic carbocycles. The highest BCUT2D eigenvalue weighted by Gasteiger charge is 2.20. The van der Waals surface area contributed by atoms with E-state index in [0.29, 0.717) is 0 Å². The maximum absolute atomic E-state index is 3.93. The minimum atomic E-state index is 0.0819. The van der Waals surface area contributed by atoms with Crippen LogP contribution in [0.25, 0.3) is 54.6 Å². The molecule has 0 heterocycles. The summed E-state index contributed by atoms with van der Waals surface area (Å²) in [6.45, 7) is 13.6. The summed E-state index contributed by atoms with van der Waals surface area (Å²) < 4.78 is 0. The summed E-state index contributed by atoms with van der Waals surface area (Å²) in [6, 6.07) is 57.6. The summed E-state index contributed by atoms with van der Waals surface area (Å²) >= 11 is 0. The molecule has 8 aromatic rings. The van der Waals surface area contributed by atoms with E-state index in [1.54, 1.807) is 0 Å². The van der Waals surface area contributed by atoms with Gasteiger partial charge >= 0.3 is 0 Å². The van der Waals surface area contributed by atoms with Crippen molar-refractivity contribution in [2.24, 2.45) is 0 Å². The minimum absolute atomic E-state index is 0.0819. The molecule has 8 rings (SSSR count). The first kappa shape index (κ1) is 33.3. The van der Waals surface area contributed by atoms with Crippen LogP contribution in [0.1, 0.15) is 52.7 Å². The van der Waals surface area contributed by atoms with Crippen LogP contribution in [0.15, 0.2) is 158 Å². The Labute approximate surface area is 308 Å². The van der Waals surface area contributed by atoms with Gasteiger partial charge in [-0.05, 0) is 102 Å². The second-order valence-electron chi connectivity index (χ2n) is 16.0. The Kier molecular flexibility index (Phi) is 8.35. The maximum Gasteiger partial charge on any atom is 0.0477 e. The van der Waals surface area contributed by atoms with E-state index >= 15 is 0 Å². The van der Waals surface area contributed by atoms with Gasteiger partial charge in [-0.1, -0.05) is 163 Å². The third kappa shape index (κ3) is 6.31. The lowest BCUT2D eigenvalue weighted by Crippen LogP contribution is -2.10. The van der Waals surface area contributed by atoms with Crippen LogP contribution in [-0.2, 0) is 10.8 Å². The van der Waals surface area contributed by atoms with Crippen LogP contribution >= 0.6 is 0 Å². The molecule has 0 aliphatic heterocycles. The SMILES string of the molecule is CC(C)(C)c1ccc(Nc2cc3c4ccc(-c5ccccc5)c(-c5ccccc5)c4c(Nc4ccc(C(C)(C)C)cc4)cc3c3ccccc23)cc1. The molecule has 2 nitrogen and oxygen atoms in total. The Hall–Kier alpha value is -5.86. The first-order valence-electron chi connectivity index (χ1n) is 18.4. The average Bonchev–Trinajstić information content (AvgIpc) is 3.15. The first-order chi connectivity index (χ1) is 25.0. The number of benzene rings is 8. The molecule has 0 saturated carbocycles. The molecule has 0 unspecified atom stereocenters. The van der Waals surface area contributed by atoms with Gasteiger partial charge in [0.15, 0.2) is 0 Å². The second kappa shape index (κ2) is 13.0. The number of rotatable bonds is 6. The molecule has 0 amide bonds. The van der Waals surface area contributed by atoms with Crippen molar-refractivity contribution < 1.29 is 0 Å². The molecule has 2 heteroatoms. The molecule has 0 aliphatic rings. The maximum atomic E-state index is 3.93. The Balaban J connectivity index is 1.42. The smallest absolute Gasteiger partial charge is 0.0477 e. The topological polar surface area (TPSA) is 24.1 Å². The van der Waals surface area contributed by atoms with Crippen LogP contribution in [0, 0.1) is 0 Å². The summed E-state index contributed by atoms with van der Waals surface area (Å²) in [6.07, 6.45) is 0. The number of hydrogen-bond acceptors (Lipinski definition) is 2. The summed E-state index contributed by atoms with van der Waals surface area (Å²) in [5.41, 5.74) is 12.0. The van der Waals surface area contributed by atoms with Crippen molar-refractivity contribution in [3.05, 3.63) is 169 Å². The fourth-order valence-corrected chi connectivity index (χ4v) is 7.48. The summed E-state index contributed by atoms with van der Waals surface area (Å²) in [5, 5.41) is 15.0. The standard InChI is InChI=1S/C50H46N2/c1-49(2,3)35-21-25-37(26-22-35)51-45-31-44-42-30-29-39(33-15-9-7-10-16-33)47(34-17-11-8-12-18-34)48(42)46(32-43(44)40-19-13-14-20-41(40)45)52-38-27-23-36(24-28-38)50(4,5)6/h7-32,51-52H,1-6H3. The van der Waals surface area contributed by atoms with Gasteiger partial charge in [0.25, 0.3) is 0 Å². The van der Waals surface area contributed by atoms with E-state index in [9.17, 15) is 0 Å². The van der Waals surface area contributed by atoms with Crippen LogP contribution in [0.3, 0.4) is 0 Å². The van der Waals surface area contributed by atoms with Gasteiger partial charge in [-0.2, -0.15) is 0 Å². The van der Waals surface area contributed by atoms with Crippen molar-refractivity contribution in [2.45, 2.75) is 52.4 Å². The molecular weight excluding hydrogens is 629 g/mol. The molecule has 0 saturated heterocycles. The molecule has 52 heavy (non-hydrogen) atoms. The van der Waals surface area contributed by atoms with Gasteiger partial charge < -0.3 is 10.6 Å². The van der Waals surface area contributed by atoms with Crippen molar-refractivity contribution >= 4 is 55.1 Å². The normalized spacial score (nSPS) is 12.0. The van der Waals surface area contributed by atoms with Gasteiger partial charge in [0.05, 0.1) is 0 Å². The number of nitrogens with one attached hydrogen (secondary N) is 2. The first-order valence-corrected chi connectivity index (χ1v) is 18.4. The van der Waals surface area contributed by atoms with Crippen molar-refractivity contribution in [2.75, 3.05) is 10.6 Å². The third-order valence-electron chi connectivity index (χ3n) is 10.3. The monoisotopic (exact) mass is 674 g/mol. The zero-order valence-electron chi connectivity index (χ0n) is 31.0. The predicted molar refractivity (Wildman–Crippen MR) is 227 cm³/mol. The second-order valence-corrected chi connectivity index (χ2v) is 16.0. The highest BCUT2D eigenvalue weighted by Crippen LogP contribution is 2.47. The summed E-state index contributed by atoms with van der Waals surface area (Å²) in [5.74, 6) is 0. The van der Waals surface area contributed by atoms with Gasteiger partial charge in [0, 0.05) is 33.5 Å². The highest BCUT2D eigenvalue weighted by atomic mass is 14.9. The van der Waals surface area contributed by atoms with Crippen LogP contribution in [0.2, 0.25) is 0 Å². The van der Waals surface area contributed by atoms with E-state index in [4.69, 9.17) is 0 Å². The van der Waals surface area contributed by atoms with E-state index in [-0.39, 0.29) is 10.8 Å². The van der Waals surface area contributed by atoms with Crippen LogP contribution in [0.5, 0.6) is 0 Å². The van der Waals surface area contributed by atoms with E-state index in [1.165, 1.54) is 65.7 Å². The number of anilines is 4. The van der Waals surface area contributed by atoms with Gasteiger partial charge in [0.1, 0.15) is 0 Å². The highest BCUT2D eigenvalue weighted by molar-refractivity contribution is 6.27. The van der Waals surface area contributed by atoms with E-state index in [2.05, 4.69) is 210 Å². The van der Waals surface area contributed by atoms with Gasteiger partial charge in [-0.15, -0.1) is 0 Å². The molecule has 0 aromatic heterocycles. The number of hydrogen-bond donors (Lipinski definition) is 2. The zero-order valence-corrected chi connectivity index (χ0v) is 31.0. The van der Waals surface area contributed by atoms with E-state index in [1.807, 2.05) is 0 Å². The van der Waals surface area contributed by atoms with Crippen molar-refractivity contribution in [1.29, 1.82) is 0 Å². The molecule has 0 bridgehead atoms. The lowest BCUT2D eigenvalue weighted by atomic mass is 9.86. The molecule has 0 spiro atoms. The Morgan fingerprint density at radius 2 is 0.827 bits per heavy atom. The Morgan fingerprint density at radius 1 is 0.365 bits per heavy atom. The molecule has 0 aliphatic carbocycles. The van der Waals surface area contributed by atoms with Gasteiger partial charge in [-0.25, -0.2) is 0 Å². The Morgan fingerprint density at radius 3 is 1.38 bits per heavy atom. The zero-order chi connectivity index (χ0) is 36.0. The minimum Gasteiger partial charge on any atom is -0.355 e. The molecular formula is C50H46N2. The third-order valence-corrected chi connectivity index (χ3v) is 10.3. The average molecular weight is 675 g/mol. The predicted octanol–water partition coefficient (Wildman–Crippen LogP) is 14.6. The fourth-order valence-electron chi connectivity index (χ4n) is 7.48. The molecule has 0 radical (unpaired) electrons. The lowest BCUT2D eigenvalue weighted by Gasteiger charge is -2.22. The van der Waals surface area contributed by atoms with E-state index in [0.717, 1.165) is 22.7 Å². The number of fused-ring (bicyclic) bond motifs is 5. The van der Waals surface area contributed by atoms with Crippen molar-refractivity contribution in [3.63, 3.8) is 0 Å². The summed E-state index contributed by atoms with van der Waals surface area (Å²) in [7, 11) is 0. The van der Waals surface area contributed by atoms with Crippen LogP contribution < -0.4 is 10.6 Å². The van der Waals surface area contributed by atoms with Crippen molar-refractivity contribution in [1.82, 2.24) is 0 Å². The largest absolute Gasteiger partial charge is 0.355 e. The summed E-state index contributed by atoms with van der Waals surface area (Å²) in [4.78, 5) is 0. The molecule has 2 N–H and O–H groups in total. The molecule has 256 valence electrons. The quantitative estimate of drug-likeness (QED) is 0.172. The molecule has 0 fully saturated rings. The molecule has 0 atom stereocenters. The van der Waals surface area contributed by atoms with Crippen molar-refractivity contribution in [3.8, 4) is 22.3 Å². The van der Waals surface area contributed by atoms with Crippen LogP contribution in [0.4, 0.5) is 22.7 Å². The van der Waals surface area contributed by atoms with Gasteiger partial charge in [0.2, 0.25) is 0 Å². The van der Waals surface area contributed by atoms with E-state index < -0.39 is 0 Å². The fraction of sp³-hybridized carbons (Fsp3) is 0.160. The Bertz CT molecular complexity index is 2530. The van der Waals surface area contributed by atoms with Crippen LogP contribution in [-0.4, -0.2) is 0 Å². The lowest BCUT2D eigenvalue weighted by molar-refractivity contribution is 0.590. The van der Waals surface area contributed by atoms with Gasteiger partial charge in [-0.3, -0.25) is 0 Å².